The van der Waals surface area contributed by atoms with Gasteiger partial charge in [-0.3, -0.25) is 0 Å². The van der Waals surface area contributed by atoms with Crippen molar-refractivity contribution in [2.24, 2.45) is 22.7 Å². The molecule has 2 aliphatic rings. The first kappa shape index (κ1) is 30.3. The summed E-state index contributed by atoms with van der Waals surface area (Å²) < 4.78 is 7.11. The van der Waals surface area contributed by atoms with Gasteiger partial charge in [0.2, 0.25) is 0 Å². The second-order valence-electron chi connectivity index (χ2n) is 15.5. The van der Waals surface area contributed by atoms with Gasteiger partial charge in [-0.15, -0.1) is 0 Å². The highest BCUT2D eigenvalue weighted by atomic mass is 28.4. The summed E-state index contributed by atoms with van der Waals surface area (Å²) >= 11 is 0. The Hall–Kier alpha value is 0.0969. The summed E-state index contributed by atoms with van der Waals surface area (Å²) in [5.41, 5.74) is -0.603. The van der Waals surface area contributed by atoms with Gasteiger partial charge in [-0.2, -0.15) is 0 Å². The van der Waals surface area contributed by atoms with Gasteiger partial charge in [0.15, 0.2) is 8.32 Å². The minimum Gasteiger partial charge on any atom is -0.414 e. The van der Waals surface area contributed by atoms with Gasteiger partial charge in [0.25, 0.3) is 0 Å². The van der Waals surface area contributed by atoms with Crippen molar-refractivity contribution in [3.8, 4) is 0 Å². The van der Waals surface area contributed by atoms with E-state index in [0.717, 1.165) is 25.7 Å². The highest BCUT2D eigenvalue weighted by molar-refractivity contribution is 6.74. The second kappa shape index (κ2) is 10.5. The number of aliphatic hydroxyl groups is 2. The first-order valence-electron chi connectivity index (χ1n) is 14.3. The fourth-order valence-corrected chi connectivity index (χ4v) is 8.68. The molecule has 34 heavy (non-hydrogen) atoms. The molecule has 2 saturated carbocycles. The van der Waals surface area contributed by atoms with Crippen LogP contribution in [-0.4, -0.2) is 35.8 Å². The minimum absolute atomic E-state index is 0.249. The normalized spacial score (nSPS) is 29.4. The third-order valence-electron chi connectivity index (χ3n) is 10.2. The standard InChI is InChI=1S/C30H60O3Si/c1-26(2,3)34(10,11)33-24-15-12-22-30(9)23(24)16-17-25(30)29(8,20-13-18-27(4,5)31)21-14-19-28(6,7)32/h23-25,31-32H,12-22H2,1-11H3/t23-,24-,25+,30-/m0/s1. The molecular formula is C30H60O3Si. The molecule has 0 saturated heterocycles. The van der Waals surface area contributed by atoms with Gasteiger partial charge in [0.1, 0.15) is 0 Å². The van der Waals surface area contributed by atoms with Crippen LogP contribution >= 0.6 is 0 Å². The Morgan fingerprint density at radius 1 is 0.794 bits per heavy atom. The van der Waals surface area contributed by atoms with E-state index in [1.807, 2.05) is 27.7 Å². The molecule has 0 aromatic rings. The quantitative estimate of drug-likeness (QED) is 0.282. The van der Waals surface area contributed by atoms with E-state index >= 15 is 0 Å². The van der Waals surface area contributed by atoms with Crippen LogP contribution in [0.15, 0.2) is 0 Å². The predicted molar refractivity (Wildman–Crippen MR) is 149 cm³/mol. The maximum Gasteiger partial charge on any atom is 0.192 e. The van der Waals surface area contributed by atoms with Crippen molar-refractivity contribution < 1.29 is 14.6 Å². The van der Waals surface area contributed by atoms with E-state index in [4.69, 9.17) is 4.43 Å². The number of fused-ring (bicyclic) bond motifs is 1. The highest BCUT2D eigenvalue weighted by Crippen LogP contribution is 2.63. The summed E-state index contributed by atoms with van der Waals surface area (Å²) in [6.07, 6.45) is 13.1. The Morgan fingerprint density at radius 3 is 1.74 bits per heavy atom. The van der Waals surface area contributed by atoms with E-state index in [9.17, 15) is 10.2 Å². The molecule has 0 aromatic carbocycles. The average molecular weight is 497 g/mol. The third kappa shape index (κ3) is 7.55. The van der Waals surface area contributed by atoms with Crippen molar-refractivity contribution in [3.05, 3.63) is 0 Å². The molecule has 0 aliphatic heterocycles. The molecule has 0 unspecified atom stereocenters. The molecule has 3 nitrogen and oxygen atoms in total. The third-order valence-corrected chi connectivity index (χ3v) is 14.7. The highest BCUT2D eigenvalue weighted by Gasteiger charge is 2.57. The van der Waals surface area contributed by atoms with E-state index < -0.39 is 19.5 Å². The van der Waals surface area contributed by atoms with Gasteiger partial charge in [-0.05, 0) is 120 Å². The molecule has 0 spiro atoms. The van der Waals surface area contributed by atoms with Gasteiger partial charge in [-0.25, -0.2) is 0 Å². The van der Waals surface area contributed by atoms with Crippen molar-refractivity contribution in [1.29, 1.82) is 0 Å². The van der Waals surface area contributed by atoms with Crippen molar-refractivity contribution >= 4 is 8.32 Å². The van der Waals surface area contributed by atoms with Crippen LogP contribution in [-0.2, 0) is 4.43 Å². The fourth-order valence-electron chi connectivity index (χ4n) is 7.28. The van der Waals surface area contributed by atoms with E-state index in [1.165, 1.54) is 44.9 Å². The minimum atomic E-state index is -1.79. The SMILES string of the molecule is CC(C)(O)CCCC(C)(CCCC(C)(C)O)[C@H]1CC[C@H]2[C@@H](O[Si](C)(C)C(C)(C)C)CCC[C@]12C. The molecule has 0 bridgehead atoms. The lowest BCUT2D eigenvalue weighted by Crippen LogP contribution is -2.51. The van der Waals surface area contributed by atoms with Crippen molar-refractivity contribution in [2.45, 2.75) is 168 Å². The van der Waals surface area contributed by atoms with Crippen molar-refractivity contribution in [1.82, 2.24) is 0 Å². The zero-order valence-corrected chi connectivity index (χ0v) is 25.8. The van der Waals surface area contributed by atoms with E-state index in [1.54, 1.807) is 0 Å². The molecular weight excluding hydrogens is 436 g/mol. The van der Waals surface area contributed by atoms with Crippen LogP contribution in [0.3, 0.4) is 0 Å². The molecule has 4 heteroatoms. The maximum atomic E-state index is 10.4. The Labute approximate surface area is 214 Å². The molecule has 0 heterocycles. The summed E-state index contributed by atoms with van der Waals surface area (Å²) in [5.74, 6) is 1.36. The van der Waals surface area contributed by atoms with Crippen LogP contribution in [0.2, 0.25) is 18.1 Å². The molecule has 0 amide bonds. The van der Waals surface area contributed by atoms with Gasteiger partial charge in [0, 0.05) is 6.10 Å². The molecule has 0 radical (unpaired) electrons. The van der Waals surface area contributed by atoms with Crippen LogP contribution in [0, 0.1) is 22.7 Å². The maximum absolute atomic E-state index is 10.4. The molecule has 2 fully saturated rings. The van der Waals surface area contributed by atoms with E-state index in [-0.39, 0.29) is 10.5 Å². The number of rotatable bonds is 11. The van der Waals surface area contributed by atoms with Crippen molar-refractivity contribution in [2.75, 3.05) is 0 Å². The lowest BCUT2D eigenvalue weighted by Gasteiger charge is -2.53. The van der Waals surface area contributed by atoms with Gasteiger partial charge >= 0.3 is 0 Å². The summed E-state index contributed by atoms with van der Waals surface area (Å²) in [5, 5.41) is 21.0. The lowest BCUT2D eigenvalue weighted by atomic mass is 9.55. The zero-order valence-electron chi connectivity index (χ0n) is 24.8. The molecule has 0 aromatic heterocycles. The number of hydrogen-bond acceptors (Lipinski definition) is 3. The Balaban J connectivity index is 2.25. The summed E-state index contributed by atoms with van der Waals surface area (Å²) in [7, 11) is -1.79. The van der Waals surface area contributed by atoms with Gasteiger partial charge < -0.3 is 14.6 Å². The van der Waals surface area contributed by atoms with Crippen LogP contribution in [0.25, 0.3) is 0 Å². The molecule has 202 valence electrons. The topological polar surface area (TPSA) is 49.7 Å². The molecule has 2 aliphatic carbocycles. The Bertz CT molecular complexity index is 631. The lowest BCUT2D eigenvalue weighted by molar-refractivity contribution is -0.0498. The van der Waals surface area contributed by atoms with Gasteiger partial charge in [-0.1, -0.05) is 53.9 Å². The van der Waals surface area contributed by atoms with Crippen molar-refractivity contribution in [3.63, 3.8) is 0 Å². The summed E-state index contributed by atoms with van der Waals surface area (Å²) in [6.45, 7) is 24.8. The van der Waals surface area contributed by atoms with Gasteiger partial charge in [0.05, 0.1) is 11.2 Å². The van der Waals surface area contributed by atoms with Crippen LogP contribution in [0.5, 0.6) is 0 Å². The first-order chi connectivity index (χ1) is 15.2. The monoisotopic (exact) mass is 496 g/mol. The molecule has 2 rings (SSSR count). The van der Waals surface area contributed by atoms with Crippen LogP contribution in [0.4, 0.5) is 0 Å². The Kier molecular flexibility index (Phi) is 9.33. The Morgan fingerprint density at radius 2 is 1.29 bits per heavy atom. The van der Waals surface area contributed by atoms with Crippen LogP contribution < -0.4 is 0 Å². The first-order valence-corrected chi connectivity index (χ1v) is 17.2. The average Bonchev–Trinajstić information content (AvgIpc) is 2.97. The predicted octanol–water partition coefficient (Wildman–Crippen LogP) is 8.48. The molecule has 4 atom stereocenters. The van der Waals surface area contributed by atoms with E-state index in [2.05, 4.69) is 47.7 Å². The van der Waals surface area contributed by atoms with E-state index in [0.29, 0.717) is 23.4 Å². The number of hydrogen-bond donors (Lipinski definition) is 2. The summed E-state index contributed by atoms with van der Waals surface area (Å²) in [4.78, 5) is 0. The second-order valence-corrected chi connectivity index (χ2v) is 20.3. The fraction of sp³-hybridized carbons (Fsp3) is 1.00. The van der Waals surface area contributed by atoms with Crippen LogP contribution in [0.1, 0.15) is 133 Å². The summed E-state index contributed by atoms with van der Waals surface area (Å²) in [6, 6.07) is 0. The smallest absolute Gasteiger partial charge is 0.192 e. The largest absolute Gasteiger partial charge is 0.414 e. The molecule has 2 N–H and O–H groups in total. The zero-order chi connectivity index (χ0) is 26.2.